The van der Waals surface area contributed by atoms with Crippen molar-refractivity contribution >= 4 is 51.5 Å². The van der Waals surface area contributed by atoms with Crippen LogP contribution in [0.5, 0.6) is 0 Å². The van der Waals surface area contributed by atoms with Gasteiger partial charge >= 0.3 is 0 Å². The van der Waals surface area contributed by atoms with E-state index in [1.54, 1.807) is 6.33 Å². The Bertz CT molecular complexity index is 1340. The second-order valence-corrected chi connectivity index (χ2v) is 9.40. The Morgan fingerprint density at radius 2 is 1.76 bits per heavy atom. The lowest BCUT2D eigenvalue weighted by molar-refractivity contribution is 0.395. The molecule has 0 saturated carbocycles. The van der Waals surface area contributed by atoms with Gasteiger partial charge in [-0.2, -0.15) is 4.83 Å². The summed E-state index contributed by atoms with van der Waals surface area (Å²) in [7, 11) is 0. The smallest absolute Gasteiger partial charge is 0.245 e. The summed E-state index contributed by atoms with van der Waals surface area (Å²) < 4.78 is 21.8. The van der Waals surface area contributed by atoms with Crippen LogP contribution in [0.4, 0.5) is 5.82 Å². The highest BCUT2D eigenvalue weighted by molar-refractivity contribution is 7.77. The topological polar surface area (TPSA) is 108 Å². The number of imidazole rings is 1. The quantitative estimate of drug-likeness (QED) is 0.262. The molecule has 2 aromatic heterocycles. The van der Waals surface area contributed by atoms with Crippen molar-refractivity contribution in [3.63, 3.8) is 0 Å². The molecule has 3 N–H and O–H groups in total. The molecular formula is C22H21Cl2N7O2S. The van der Waals surface area contributed by atoms with E-state index in [4.69, 9.17) is 32.7 Å². The minimum Gasteiger partial charge on any atom is -0.355 e. The Kier molecular flexibility index (Phi) is 6.77. The number of nitrogens with zero attached hydrogens (tertiary/aromatic N) is 5. The van der Waals surface area contributed by atoms with Gasteiger partial charge in [0.1, 0.15) is 12.2 Å². The fraction of sp³-hybridized carbons (Fsp3) is 0.227. The molecule has 9 nitrogen and oxygen atoms in total. The van der Waals surface area contributed by atoms with Gasteiger partial charge in [-0.3, -0.25) is 9.12 Å². The molecule has 5 rings (SSSR count). The summed E-state index contributed by atoms with van der Waals surface area (Å²) in [5, 5.41) is 1.22. The van der Waals surface area contributed by atoms with Gasteiger partial charge in [0.15, 0.2) is 17.0 Å². The third kappa shape index (κ3) is 4.65. The predicted octanol–water partition coefficient (Wildman–Crippen LogP) is 3.99. The zero-order chi connectivity index (χ0) is 23.7. The Balaban J connectivity index is 1.57. The average Bonchev–Trinajstić information content (AvgIpc) is 3.23. The van der Waals surface area contributed by atoms with Crippen LogP contribution in [0.15, 0.2) is 54.9 Å². The van der Waals surface area contributed by atoms with E-state index in [9.17, 15) is 4.21 Å². The molecule has 34 heavy (non-hydrogen) atoms. The maximum Gasteiger partial charge on any atom is 0.245 e. The molecular weight excluding hydrogens is 497 g/mol. The Labute approximate surface area is 208 Å². The van der Waals surface area contributed by atoms with Crippen molar-refractivity contribution < 1.29 is 8.76 Å². The zero-order valence-corrected chi connectivity index (χ0v) is 20.2. The van der Waals surface area contributed by atoms with Crippen LogP contribution in [-0.4, -0.2) is 47.4 Å². The normalized spacial score (nSPS) is 15.7. The van der Waals surface area contributed by atoms with Gasteiger partial charge in [0.2, 0.25) is 11.3 Å². The van der Waals surface area contributed by atoms with Crippen LogP contribution >= 0.6 is 23.2 Å². The Morgan fingerprint density at radius 3 is 2.47 bits per heavy atom. The monoisotopic (exact) mass is 517 g/mol. The number of aromatic nitrogens is 4. The summed E-state index contributed by atoms with van der Waals surface area (Å²) >= 11 is 10.6. The van der Waals surface area contributed by atoms with Crippen molar-refractivity contribution in [2.75, 3.05) is 18.0 Å². The highest BCUT2D eigenvalue weighted by Crippen LogP contribution is 2.35. The van der Waals surface area contributed by atoms with Crippen molar-refractivity contribution in [1.82, 2.24) is 29.8 Å². The SMILES string of the molecule is O=S(O)NNC1CCN(c2ncnc3c2nc(-c2ccccc2Cl)n3-c2ccc(Cl)cc2)CC1. The number of halogens is 2. The Morgan fingerprint density at radius 1 is 1.03 bits per heavy atom. The lowest BCUT2D eigenvalue weighted by Gasteiger charge is -2.32. The van der Waals surface area contributed by atoms with Gasteiger partial charge in [0.25, 0.3) is 0 Å². The van der Waals surface area contributed by atoms with Gasteiger partial charge in [-0.15, -0.1) is 0 Å². The standard InChI is InChI=1S/C22H21Cl2N7O2S/c23-14-5-7-16(8-6-14)31-20(17-3-1-2-4-18(17)24)27-19-21(25-13-26-22(19)31)30-11-9-15(10-12-30)28-29-34(32)33/h1-8,13,15,28-29H,9-12H2,(H,32,33). The maximum absolute atomic E-state index is 10.9. The molecule has 1 unspecified atom stereocenters. The van der Waals surface area contributed by atoms with Crippen molar-refractivity contribution in [2.24, 2.45) is 0 Å². The highest BCUT2D eigenvalue weighted by atomic mass is 35.5. The van der Waals surface area contributed by atoms with Gasteiger partial charge in [0, 0.05) is 35.4 Å². The van der Waals surface area contributed by atoms with Crippen LogP contribution in [0.2, 0.25) is 10.0 Å². The van der Waals surface area contributed by atoms with Crippen LogP contribution in [-0.2, 0) is 11.3 Å². The minimum atomic E-state index is -2.10. The summed E-state index contributed by atoms with van der Waals surface area (Å²) in [5.74, 6) is 1.40. The molecule has 2 aromatic carbocycles. The van der Waals surface area contributed by atoms with E-state index >= 15 is 0 Å². The summed E-state index contributed by atoms with van der Waals surface area (Å²) in [6, 6.07) is 15.1. The molecule has 0 bridgehead atoms. The molecule has 1 saturated heterocycles. The van der Waals surface area contributed by atoms with E-state index < -0.39 is 11.3 Å². The maximum atomic E-state index is 10.9. The molecule has 0 radical (unpaired) electrons. The van der Waals surface area contributed by atoms with Crippen molar-refractivity contribution in [1.29, 1.82) is 0 Å². The van der Waals surface area contributed by atoms with Crippen LogP contribution in [0.3, 0.4) is 0 Å². The van der Waals surface area contributed by atoms with Crippen LogP contribution in [0, 0.1) is 0 Å². The number of nitrogens with one attached hydrogen (secondary N) is 2. The number of anilines is 1. The van der Waals surface area contributed by atoms with E-state index in [-0.39, 0.29) is 6.04 Å². The fourth-order valence-corrected chi connectivity index (χ4v) is 4.75. The van der Waals surface area contributed by atoms with Crippen LogP contribution in [0.25, 0.3) is 28.2 Å². The highest BCUT2D eigenvalue weighted by Gasteiger charge is 2.25. The molecule has 0 aliphatic carbocycles. The van der Waals surface area contributed by atoms with Gasteiger partial charge in [0.05, 0.1) is 5.02 Å². The average molecular weight is 518 g/mol. The molecule has 0 spiro atoms. The summed E-state index contributed by atoms with van der Waals surface area (Å²) in [6.45, 7) is 1.41. The van der Waals surface area contributed by atoms with Gasteiger partial charge in [-0.1, -0.05) is 35.3 Å². The van der Waals surface area contributed by atoms with E-state index in [2.05, 4.69) is 25.1 Å². The summed E-state index contributed by atoms with van der Waals surface area (Å²) in [6.07, 6.45) is 3.08. The third-order valence-corrected chi connectivity index (χ3v) is 6.64. The molecule has 1 aliphatic heterocycles. The zero-order valence-electron chi connectivity index (χ0n) is 17.9. The number of hydrogen-bond acceptors (Lipinski definition) is 6. The van der Waals surface area contributed by atoms with Gasteiger partial charge in [-0.25, -0.2) is 24.6 Å². The number of benzene rings is 2. The largest absolute Gasteiger partial charge is 0.355 e. The number of rotatable bonds is 6. The molecule has 12 heteroatoms. The first kappa shape index (κ1) is 23.2. The number of piperidine rings is 1. The lowest BCUT2D eigenvalue weighted by Crippen LogP contribution is -2.48. The van der Waals surface area contributed by atoms with Crippen molar-refractivity contribution in [2.45, 2.75) is 18.9 Å². The first-order chi connectivity index (χ1) is 16.5. The third-order valence-electron chi connectivity index (χ3n) is 5.77. The van der Waals surface area contributed by atoms with E-state index in [1.807, 2.05) is 53.1 Å². The minimum absolute atomic E-state index is 0.0787. The van der Waals surface area contributed by atoms with Crippen molar-refractivity contribution in [3.8, 4) is 17.1 Å². The van der Waals surface area contributed by atoms with E-state index in [0.717, 1.165) is 29.9 Å². The number of hydrazine groups is 1. The van der Waals surface area contributed by atoms with Crippen LogP contribution < -0.4 is 15.2 Å². The second-order valence-electron chi connectivity index (χ2n) is 7.85. The van der Waals surface area contributed by atoms with Crippen LogP contribution in [0.1, 0.15) is 12.8 Å². The van der Waals surface area contributed by atoms with E-state index in [1.165, 1.54) is 0 Å². The summed E-state index contributed by atoms with van der Waals surface area (Å²) in [5.41, 5.74) is 5.88. The molecule has 3 heterocycles. The first-order valence-corrected chi connectivity index (χ1v) is 12.5. The molecule has 1 aliphatic rings. The second kappa shape index (κ2) is 9.95. The van der Waals surface area contributed by atoms with Crippen molar-refractivity contribution in [3.05, 3.63) is 64.9 Å². The van der Waals surface area contributed by atoms with E-state index in [0.29, 0.717) is 40.1 Å². The van der Waals surface area contributed by atoms with Gasteiger partial charge < -0.3 is 4.90 Å². The first-order valence-electron chi connectivity index (χ1n) is 10.6. The molecule has 1 fully saturated rings. The molecule has 0 amide bonds. The number of fused-ring (bicyclic) bond motifs is 1. The Hall–Kier alpha value is -2.60. The fourth-order valence-electron chi connectivity index (χ4n) is 4.14. The molecule has 4 aromatic rings. The molecule has 176 valence electrons. The summed E-state index contributed by atoms with van der Waals surface area (Å²) in [4.78, 5) is 18.6. The molecule has 1 atom stereocenters. The predicted molar refractivity (Wildman–Crippen MR) is 134 cm³/mol. The number of hydrogen-bond donors (Lipinski definition) is 3. The lowest BCUT2D eigenvalue weighted by atomic mass is 10.1. The van der Waals surface area contributed by atoms with Gasteiger partial charge in [-0.05, 0) is 49.2 Å².